The topological polar surface area (TPSA) is 71.3 Å². The second-order valence-corrected chi connectivity index (χ2v) is 4.40. The first kappa shape index (κ1) is 14.4. The highest BCUT2D eigenvalue weighted by atomic mass is 16.3. The van der Waals surface area contributed by atoms with Crippen molar-refractivity contribution in [3.8, 4) is 0 Å². The van der Waals surface area contributed by atoms with Gasteiger partial charge in [-0.25, -0.2) is 0 Å². The van der Waals surface area contributed by atoms with Crippen LogP contribution < -0.4 is 10.9 Å². The Labute approximate surface area is 106 Å². The van der Waals surface area contributed by atoms with Gasteiger partial charge >= 0.3 is 0 Å². The number of aromatic nitrogens is 1. The molecule has 0 saturated carbocycles. The van der Waals surface area contributed by atoms with Crippen molar-refractivity contribution in [2.24, 2.45) is 5.92 Å². The fourth-order valence-corrected chi connectivity index (χ4v) is 1.57. The minimum absolute atomic E-state index is 0.0736. The van der Waals surface area contributed by atoms with Crippen molar-refractivity contribution < 1.29 is 9.90 Å². The Bertz CT molecular complexity index is 428. The van der Waals surface area contributed by atoms with Gasteiger partial charge in [-0.2, -0.15) is 0 Å². The SMILES string of the molecule is CC(CCO)CNC(=O)CCn1ccccc1=O. The van der Waals surface area contributed by atoms with E-state index in [-0.39, 0.29) is 30.4 Å². The van der Waals surface area contributed by atoms with Gasteiger partial charge in [-0.05, 0) is 18.4 Å². The lowest BCUT2D eigenvalue weighted by Crippen LogP contribution is -2.30. The molecule has 5 heteroatoms. The van der Waals surface area contributed by atoms with Gasteiger partial charge in [-0.1, -0.05) is 13.0 Å². The molecule has 1 atom stereocenters. The van der Waals surface area contributed by atoms with E-state index in [1.54, 1.807) is 18.3 Å². The fourth-order valence-electron chi connectivity index (χ4n) is 1.57. The number of carbonyl (C=O) groups excluding carboxylic acids is 1. The van der Waals surface area contributed by atoms with E-state index in [0.717, 1.165) is 0 Å². The van der Waals surface area contributed by atoms with Crippen LogP contribution in [0.4, 0.5) is 0 Å². The summed E-state index contributed by atoms with van der Waals surface area (Å²) in [7, 11) is 0. The summed E-state index contributed by atoms with van der Waals surface area (Å²) < 4.78 is 1.51. The molecule has 0 radical (unpaired) electrons. The second kappa shape index (κ2) is 7.66. The molecule has 0 fully saturated rings. The van der Waals surface area contributed by atoms with Crippen LogP contribution in [0.2, 0.25) is 0 Å². The van der Waals surface area contributed by atoms with Gasteiger partial charge in [0.25, 0.3) is 5.56 Å². The molecule has 0 aliphatic rings. The van der Waals surface area contributed by atoms with Gasteiger partial charge in [0, 0.05) is 38.4 Å². The van der Waals surface area contributed by atoms with Crippen molar-refractivity contribution in [1.29, 1.82) is 0 Å². The van der Waals surface area contributed by atoms with Gasteiger partial charge in [-0.3, -0.25) is 9.59 Å². The number of pyridine rings is 1. The molecule has 1 aromatic rings. The van der Waals surface area contributed by atoms with Crippen LogP contribution in [0.5, 0.6) is 0 Å². The third kappa shape index (κ3) is 5.14. The number of nitrogens with zero attached hydrogens (tertiary/aromatic N) is 1. The summed E-state index contributed by atoms with van der Waals surface area (Å²) in [6.07, 6.45) is 2.64. The number of aryl methyl sites for hydroxylation is 1. The van der Waals surface area contributed by atoms with Crippen LogP contribution in [0.1, 0.15) is 19.8 Å². The first-order chi connectivity index (χ1) is 8.63. The molecule has 0 aliphatic heterocycles. The van der Waals surface area contributed by atoms with Crippen LogP contribution in [0.15, 0.2) is 29.2 Å². The highest BCUT2D eigenvalue weighted by molar-refractivity contribution is 5.75. The number of hydrogen-bond acceptors (Lipinski definition) is 3. The van der Waals surface area contributed by atoms with Gasteiger partial charge in [0.2, 0.25) is 5.91 Å². The minimum Gasteiger partial charge on any atom is -0.396 e. The van der Waals surface area contributed by atoms with Crippen molar-refractivity contribution in [2.45, 2.75) is 26.3 Å². The van der Waals surface area contributed by atoms with E-state index >= 15 is 0 Å². The number of nitrogens with one attached hydrogen (secondary N) is 1. The van der Waals surface area contributed by atoms with Crippen molar-refractivity contribution in [1.82, 2.24) is 9.88 Å². The fraction of sp³-hybridized carbons (Fsp3) is 0.538. The van der Waals surface area contributed by atoms with Gasteiger partial charge in [0.15, 0.2) is 0 Å². The molecule has 1 unspecified atom stereocenters. The summed E-state index contributed by atoms with van der Waals surface area (Å²) in [5.41, 5.74) is -0.0982. The summed E-state index contributed by atoms with van der Waals surface area (Å²) in [5.74, 6) is 0.189. The van der Waals surface area contributed by atoms with E-state index in [2.05, 4.69) is 5.32 Å². The van der Waals surface area contributed by atoms with Crippen molar-refractivity contribution in [2.75, 3.05) is 13.2 Å². The van der Waals surface area contributed by atoms with Crippen LogP contribution in [-0.4, -0.2) is 28.7 Å². The molecule has 1 heterocycles. The lowest BCUT2D eigenvalue weighted by atomic mass is 10.1. The van der Waals surface area contributed by atoms with Crippen LogP contribution in [-0.2, 0) is 11.3 Å². The van der Waals surface area contributed by atoms with Crippen molar-refractivity contribution in [3.05, 3.63) is 34.7 Å². The quantitative estimate of drug-likeness (QED) is 0.736. The Balaban J connectivity index is 2.29. The van der Waals surface area contributed by atoms with E-state index in [0.29, 0.717) is 19.5 Å². The maximum Gasteiger partial charge on any atom is 0.250 e. The number of rotatable bonds is 7. The molecule has 1 aromatic heterocycles. The van der Waals surface area contributed by atoms with Crippen LogP contribution >= 0.6 is 0 Å². The highest BCUT2D eigenvalue weighted by Crippen LogP contribution is 1.98. The Kier molecular flexibility index (Phi) is 6.14. The lowest BCUT2D eigenvalue weighted by Gasteiger charge is -2.11. The first-order valence-electron chi connectivity index (χ1n) is 6.16. The monoisotopic (exact) mass is 252 g/mol. The molecule has 0 spiro atoms. The summed E-state index contributed by atoms with van der Waals surface area (Å²) in [6.45, 7) is 3.05. The molecule has 0 bridgehead atoms. The van der Waals surface area contributed by atoms with Gasteiger partial charge in [0.05, 0.1) is 0 Å². The zero-order chi connectivity index (χ0) is 13.4. The molecule has 18 heavy (non-hydrogen) atoms. The second-order valence-electron chi connectivity index (χ2n) is 4.40. The van der Waals surface area contributed by atoms with E-state index < -0.39 is 0 Å². The number of aliphatic hydroxyl groups excluding tert-OH is 1. The Morgan fingerprint density at radius 2 is 2.28 bits per heavy atom. The number of aliphatic hydroxyl groups is 1. The average Bonchev–Trinajstić information content (AvgIpc) is 2.36. The average molecular weight is 252 g/mol. The number of carbonyl (C=O) groups is 1. The maximum absolute atomic E-state index is 11.5. The summed E-state index contributed by atoms with van der Waals surface area (Å²) in [6, 6.07) is 4.92. The molecular weight excluding hydrogens is 232 g/mol. The van der Waals surface area contributed by atoms with E-state index in [1.165, 1.54) is 10.6 Å². The van der Waals surface area contributed by atoms with Gasteiger partial charge in [0.1, 0.15) is 0 Å². The van der Waals surface area contributed by atoms with E-state index in [9.17, 15) is 9.59 Å². The predicted molar refractivity (Wildman–Crippen MR) is 69.2 cm³/mol. The normalized spacial score (nSPS) is 12.1. The first-order valence-corrected chi connectivity index (χ1v) is 6.16. The maximum atomic E-state index is 11.5. The number of amides is 1. The van der Waals surface area contributed by atoms with Crippen molar-refractivity contribution >= 4 is 5.91 Å². The van der Waals surface area contributed by atoms with Crippen LogP contribution in [0.3, 0.4) is 0 Å². The summed E-state index contributed by atoms with van der Waals surface area (Å²) in [5, 5.41) is 11.5. The van der Waals surface area contributed by atoms with Gasteiger partial charge < -0.3 is 15.0 Å². The third-order valence-electron chi connectivity index (χ3n) is 2.75. The standard InChI is InChI=1S/C13H20N2O3/c1-11(6-9-16)10-14-12(17)5-8-15-7-3-2-4-13(15)18/h2-4,7,11,16H,5-6,8-10H2,1H3,(H,14,17). The summed E-state index contributed by atoms with van der Waals surface area (Å²) >= 11 is 0. The Morgan fingerprint density at radius 3 is 2.94 bits per heavy atom. The van der Waals surface area contributed by atoms with E-state index in [4.69, 9.17) is 5.11 Å². The largest absolute Gasteiger partial charge is 0.396 e. The Morgan fingerprint density at radius 1 is 1.50 bits per heavy atom. The molecule has 1 rings (SSSR count). The van der Waals surface area contributed by atoms with Crippen LogP contribution in [0, 0.1) is 5.92 Å². The molecule has 1 amide bonds. The smallest absolute Gasteiger partial charge is 0.250 e. The number of hydrogen-bond donors (Lipinski definition) is 2. The van der Waals surface area contributed by atoms with E-state index in [1.807, 2.05) is 6.92 Å². The molecule has 0 saturated heterocycles. The zero-order valence-electron chi connectivity index (χ0n) is 10.6. The highest BCUT2D eigenvalue weighted by Gasteiger charge is 2.05. The van der Waals surface area contributed by atoms with Crippen molar-refractivity contribution in [3.63, 3.8) is 0 Å². The zero-order valence-corrected chi connectivity index (χ0v) is 10.6. The molecule has 0 aromatic carbocycles. The third-order valence-corrected chi connectivity index (χ3v) is 2.75. The Hall–Kier alpha value is -1.62. The van der Waals surface area contributed by atoms with Crippen LogP contribution in [0.25, 0.3) is 0 Å². The molecular formula is C13H20N2O3. The molecule has 100 valence electrons. The molecule has 2 N–H and O–H groups in total. The molecule has 5 nitrogen and oxygen atoms in total. The van der Waals surface area contributed by atoms with Gasteiger partial charge in [-0.15, -0.1) is 0 Å². The lowest BCUT2D eigenvalue weighted by molar-refractivity contribution is -0.121. The predicted octanol–water partition coefficient (Wildman–Crippen LogP) is 0.373. The minimum atomic E-state index is -0.0982. The molecule has 0 aliphatic carbocycles. The summed E-state index contributed by atoms with van der Waals surface area (Å²) in [4.78, 5) is 22.9.